The molecule has 0 aromatic carbocycles. The van der Waals surface area contributed by atoms with Crippen molar-refractivity contribution in [2.75, 3.05) is 53.4 Å². The molecule has 0 aliphatic heterocycles. The summed E-state index contributed by atoms with van der Waals surface area (Å²) in [5.74, 6) is 0. The van der Waals surface area contributed by atoms with Gasteiger partial charge in [0, 0.05) is 13.7 Å². The van der Waals surface area contributed by atoms with E-state index in [4.69, 9.17) is 27.8 Å². The summed E-state index contributed by atoms with van der Waals surface area (Å²) in [6, 6.07) is 2.35. The zero-order valence-electron chi connectivity index (χ0n) is 26.0. The van der Waals surface area contributed by atoms with E-state index in [1.807, 2.05) is 0 Å². The van der Waals surface area contributed by atoms with Crippen molar-refractivity contribution in [3.8, 4) is 0 Å². The fourth-order valence-electron chi connectivity index (χ4n) is 4.46. The van der Waals surface area contributed by atoms with Crippen LogP contribution in [0.25, 0.3) is 0 Å². The van der Waals surface area contributed by atoms with Crippen LogP contribution in [0.1, 0.15) is 85.0 Å². The van der Waals surface area contributed by atoms with Crippen LogP contribution in [0.4, 0.5) is 0 Å². The minimum Gasteiger partial charge on any atom is -0.412 e. The van der Waals surface area contributed by atoms with Crippen LogP contribution in [0.15, 0.2) is 0 Å². The van der Waals surface area contributed by atoms with Gasteiger partial charge >= 0.3 is 0 Å². The maximum absolute atomic E-state index is 6.62. The van der Waals surface area contributed by atoms with Gasteiger partial charge in [0.25, 0.3) is 0 Å². The molecule has 0 aromatic rings. The van der Waals surface area contributed by atoms with Crippen molar-refractivity contribution in [3.05, 3.63) is 0 Å². The fourth-order valence-corrected chi connectivity index (χ4v) is 9.19. The van der Waals surface area contributed by atoms with E-state index in [2.05, 4.69) is 47.0 Å². The predicted molar refractivity (Wildman–Crippen MR) is 162 cm³/mol. The number of rotatable bonds is 28. The molecule has 0 radical (unpaired) electrons. The molecule has 0 aliphatic rings. The molecule has 6 nitrogen and oxygen atoms in total. The van der Waals surface area contributed by atoms with E-state index >= 15 is 0 Å². The number of methoxy groups -OCH3 is 1. The largest absolute Gasteiger partial charge is 0.412 e. The molecule has 2 atom stereocenters. The van der Waals surface area contributed by atoms with Gasteiger partial charge < -0.3 is 27.8 Å². The second kappa shape index (κ2) is 24.0. The van der Waals surface area contributed by atoms with Crippen LogP contribution in [0.2, 0.25) is 38.3 Å². The van der Waals surface area contributed by atoms with E-state index in [1.54, 1.807) is 7.11 Å². The molecule has 8 heteroatoms. The van der Waals surface area contributed by atoms with E-state index in [0.29, 0.717) is 39.6 Å². The third-order valence-electron chi connectivity index (χ3n) is 6.80. The van der Waals surface area contributed by atoms with Crippen LogP contribution in [0.5, 0.6) is 0 Å². The highest BCUT2D eigenvalue weighted by Crippen LogP contribution is 2.23. The number of hydrogen-bond acceptors (Lipinski definition) is 6. The summed E-state index contributed by atoms with van der Waals surface area (Å²) in [4.78, 5) is 0. The molecule has 0 aromatic heterocycles. The highest BCUT2D eigenvalue weighted by Gasteiger charge is 2.31. The summed E-state index contributed by atoms with van der Waals surface area (Å²) in [7, 11) is -1.74. The number of ether oxygens (including phenoxy) is 4. The zero-order chi connectivity index (χ0) is 27.8. The summed E-state index contributed by atoms with van der Waals surface area (Å²) in [5.41, 5.74) is 0. The summed E-state index contributed by atoms with van der Waals surface area (Å²) in [6.07, 6.45) is 13.7. The van der Waals surface area contributed by atoms with E-state index in [-0.39, 0.29) is 12.2 Å². The molecular weight excluding hydrogens is 500 g/mol. The fraction of sp³-hybridized carbons (Fsp3) is 1.00. The van der Waals surface area contributed by atoms with Crippen LogP contribution < -0.4 is 0 Å². The highest BCUT2D eigenvalue weighted by molar-refractivity contribution is 6.71. The van der Waals surface area contributed by atoms with Crippen LogP contribution in [-0.4, -0.2) is 82.2 Å². The molecule has 0 rings (SSSR count). The van der Waals surface area contributed by atoms with Crippen molar-refractivity contribution in [2.45, 2.75) is 135 Å². The second-order valence-corrected chi connectivity index (χ2v) is 20.2. The predicted octanol–water partition coefficient (Wildman–Crippen LogP) is 7.82. The van der Waals surface area contributed by atoms with Gasteiger partial charge in [-0.3, -0.25) is 0 Å². The standard InChI is InChI=1S/C29H64O6Si2/c1-9-10-11-12-13-14-15-16-17-26-36(5,6)34-28(2)29(3)35-37(7,8)27-18-19-31-22-23-33-25-24-32-21-20-30-4/h28-29H,9-27H2,1-8H3/t28?,29-/m1/s1. The Labute approximate surface area is 233 Å². The minimum absolute atomic E-state index is 0.136. The lowest BCUT2D eigenvalue weighted by atomic mass is 10.1. The lowest BCUT2D eigenvalue weighted by Crippen LogP contribution is -2.44. The molecule has 0 heterocycles. The molecule has 224 valence electrons. The van der Waals surface area contributed by atoms with E-state index in [0.717, 1.165) is 19.1 Å². The van der Waals surface area contributed by atoms with Crippen molar-refractivity contribution < 1.29 is 27.8 Å². The lowest BCUT2D eigenvalue weighted by molar-refractivity contribution is 0.00359. The Morgan fingerprint density at radius 2 is 0.865 bits per heavy atom. The Balaban J connectivity index is 3.88. The van der Waals surface area contributed by atoms with Crippen LogP contribution in [-0.2, 0) is 27.8 Å². The second-order valence-electron chi connectivity index (χ2n) is 11.7. The first-order valence-electron chi connectivity index (χ1n) is 15.2. The van der Waals surface area contributed by atoms with Gasteiger partial charge in [-0.1, -0.05) is 64.7 Å². The monoisotopic (exact) mass is 564 g/mol. The maximum atomic E-state index is 6.62. The molecule has 1 unspecified atom stereocenters. The average molecular weight is 565 g/mol. The molecule has 0 fully saturated rings. The SMILES string of the molecule is CCCCCCCCCCC[Si](C)(C)OC(C)[C@@H](C)O[Si](C)(C)CCCOCCOCCOCCOC. The zero-order valence-corrected chi connectivity index (χ0v) is 28.0. The maximum Gasteiger partial charge on any atom is 0.187 e. The first kappa shape index (κ1) is 37.2. The molecule has 37 heavy (non-hydrogen) atoms. The van der Waals surface area contributed by atoms with Crippen LogP contribution >= 0.6 is 0 Å². The Morgan fingerprint density at radius 3 is 1.32 bits per heavy atom. The van der Waals surface area contributed by atoms with Crippen molar-refractivity contribution >= 4 is 16.6 Å². The Kier molecular flexibility index (Phi) is 24.2. The van der Waals surface area contributed by atoms with Gasteiger partial charge in [0.15, 0.2) is 16.6 Å². The number of hydrogen-bond donors (Lipinski definition) is 0. The van der Waals surface area contributed by atoms with Gasteiger partial charge in [-0.15, -0.1) is 0 Å². The average Bonchev–Trinajstić information content (AvgIpc) is 2.83. The first-order valence-corrected chi connectivity index (χ1v) is 21.4. The Bertz CT molecular complexity index is 493. The first-order chi connectivity index (χ1) is 17.6. The van der Waals surface area contributed by atoms with Gasteiger partial charge in [0.1, 0.15) is 0 Å². The van der Waals surface area contributed by atoms with Crippen LogP contribution in [0, 0.1) is 0 Å². The lowest BCUT2D eigenvalue weighted by Gasteiger charge is -2.35. The third kappa shape index (κ3) is 24.9. The van der Waals surface area contributed by atoms with Gasteiger partial charge in [-0.25, -0.2) is 0 Å². The topological polar surface area (TPSA) is 55.4 Å². The van der Waals surface area contributed by atoms with Gasteiger partial charge in [0.2, 0.25) is 0 Å². The van der Waals surface area contributed by atoms with Crippen molar-refractivity contribution in [1.29, 1.82) is 0 Å². The molecule has 0 aliphatic carbocycles. The highest BCUT2D eigenvalue weighted by atomic mass is 28.4. The van der Waals surface area contributed by atoms with E-state index in [9.17, 15) is 0 Å². The van der Waals surface area contributed by atoms with Crippen LogP contribution in [0.3, 0.4) is 0 Å². The van der Waals surface area contributed by atoms with E-state index < -0.39 is 16.6 Å². The van der Waals surface area contributed by atoms with Gasteiger partial charge in [0.05, 0.1) is 51.8 Å². The molecule has 0 saturated heterocycles. The smallest absolute Gasteiger partial charge is 0.187 e. The number of unbranched alkanes of at least 4 members (excludes halogenated alkanes) is 8. The van der Waals surface area contributed by atoms with Gasteiger partial charge in [-0.05, 0) is 58.5 Å². The molecule has 0 saturated carbocycles. The molecule has 0 amide bonds. The molecule has 0 N–H and O–H groups in total. The van der Waals surface area contributed by atoms with Gasteiger partial charge in [-0.2, -0.15) is 0 Å². The Morgan fingerprint density at radius 1 is 0.486 bits per heavy atom. The van der Waals surface area contributed by atoms with Crippen molar-refractivity contribution in [2.24, 2.45) is 0 Å². The summed E-state index contributed by atoms with van der Waals surface area (Å²) >= 11 is 0. The normalized spacial score (nSPS) is 14.3. The summed E-state index contributed by atoms with van der Waals surface area (Å²) < 4.78 is 34.8. The quantitative estimate of drug-likeness (QED) is 0.0713. The van der Waals surface area contributed by atoms with Crippen molar-refractivity contribution in [1.82, 2.24) is 0 Å². The molecule has 0 bridgehead atoms. The molecular formula is C29H64O6Si2. The molecule has 0 spiro atoms. The minimum atomic E-state index is -1.76. The van der Waals surface area contributed by atoms with E-state index in [1.165, 1.54) is 63.8 Å². The van der Waals surface area contributed by atoms with Crippen molar-refractivity contribution in [3.63, 3.8) is 0 Å². The summed E-state index contributed by atoms with van der Waals surface area (Å²) in [6.45, 7) is 20.5. The summed E-state index contributed by atoms with van der Waals surface area (Å²) in [5, 5.41) is 0. The third-order valence-corrected chi connectivity index (χ3v) is 11.9. The Hall–Kier alpha value is 0.194.